The fourth-order valence-electron chi connectivity index (χ4n) is 2.48. The number of carbonyl (C=O) groups excluding carboxylic acids is 1. The van der Waals surface area contributed by atoms with Crippen LogP contribution < -0.4 is 11.2 Å². The first-order valence-electron chi connectivity index (χ1n) is 7.87. The molecule has 26 heavy (non-hydrogen) atoms. The molecular formula is C20H17N3O3. The van der Waals surface area contributed by atoms with Crippen LogP contribution in [0, 0.1) is 0 Å². The van der Waals surface area contributed by atoms with E-state index in [-0.39, 0.29) is 22.8 Å². The number of nitrogens with two attached hydrogens (primary N) is 1. The second-order valence-electron chi connectivity index (χ2n) is 5.52. The van der Waals surface area contributed by atoms with Gasteiger partial charge in [0, 0.05) is 16.8 Å². The fourth-order valence-corrected chi connectivity index (χ4v) is 2.48. The van der Waals surface area contributed by atoms with Gasteiger partial charge in [-0.25, -0.2) is 5.43 Å². The number of rotatable bonds is 4. The number of hydrogen-bond acceptors (Lipinski definition) is 5. The first kappa shape index (κ1) is 17.0. The average Bonchev–Trinajstić information content (AvgIpc) is 2.64. The van der Waals surface area contributed by atoms with Gasteiger partial charge in [-0.15, -0.1) is 0 Å². The molecule has 0 aliphatic rings. The van der Waals surface area contributed by atoms with Crippen molar-refractivity contribution in [1.29, 1.82) is 0 Å². The van der Waals surface area contributed by atoms with Crippen LogP contribution in [0.15, 0.2) is 77.9 Å². The van der Waals surface area contributed by atoms with E-state index in [1.807, 2.05) is 0 Å². The van der Waals surface area contributed by atoms with Crippen molar-refractivity contribution in [1.82, 2.24) is 5.43 Å². The minimum Gasteiger partial charge on any atom is -0.507 e. The molecule has 130 valence electrons. The molecule has 0 saturated heterocycles. The molecule has 0 bridgehead atoms. The maximum absolute atomic E-state index is 12.4. The third-order valence-electron chi connectivity index (χ3n) is 3.79. The molecule has 0 aromatic heterocycles. The predicted octanol–water partition coefficient (Wildman–Crippen LogP) is 2.86. The molecule has 0 heterocycles. The van der Waals surface area contributed by atoms with Gasteiger partial charge >= 0.3 is 0 Å². The van der Waals surface area contributed by atoms with Gasteiger partial charge < -0.3 is 15.9 Å². The molecule has 0 aliphatic carbocycles. The van der Waals surface area contributed by atoms with E-state index < -0.39 is 5.91 Å². The fraction of sp³-hybridized carbons (Fsp3) is 0. The van der Waals surface area contributed by atoms with E-state index in [0.29, 0.717) is 16.8 Å². The zero-order valence-electron chi connectivity index (χ0n) is 13.8. The van der Waals surface area contributed by atoms with Crippen LogP contribution in [0.3, 0.4) is 0 Å². The minimum absolute atomic E-state index is 0.0250. The standard InChI is InChI=1S/C20H17N3O3/c21-16-10-4-1-7-13(16)20(26)23-22-19(14-8-2-5-11-17(14)24)15-9-3-6-12-18(15)25/h1-12,24-25H,21H2,(H,23,26). The highest BCUT2D eigenvalue weighted by Crippen LogP contribution is 2.25. The van der Waals surface area contributed by atoms with E-state index in [4.69, 9.17) is 5.73 Å². The molecule has 6 heteroatoms. The summed E-state index contributed by atoms with van der Waals surface area (Å²) in [7, 11) is 0. The van der Waals surface area contributed by atoms with Gasteiger partial charge in [-0.3, -0.25) is 4.79 Å². The summed E-state index contributed by atoms with van der Waals surface area (Å²) in [5.74, 6) is -0.544. The Labute approximate surface area is 150 Å². The number of phenols is 2. The molecule has 0 atom stereocenters. The van der Waals surface area contributed by atoms with Crippen LogP contribution in [-0.4, -0.2) is 21.8 Å². The number of anilines is 1. The SMILES string of the molecule is Nc1ccccc1C(=O)NN=C(c1ccccc1O)c1ccccc1O. The van der Waals surface area contributed by atoms with Crippen LogP contribution in [0.4, 0.5) is 5.69 Å². The second kappa shape index (κ2) is 7.40. The monoisotopic (exact) mass is 347 g/mol. The molecule has 0 spiro atoms. The Balaban J connectivity index is 2.03. The van der Waals surface area contributed by atoms with E-state index in [1.165, 1.54) is 12.1 Å². The van der Waals surface area contributed by atoms with Crippen molar-refractivity contribution in [2.24, 2.45) is 5.10 Å². The summed E-state index contributed by atoms with van der Waals surface area (Å²) in [5, 5.41) is 24.5. The topological polar surface area (TPSA) is 108 Å². The third-order valence-corrected chi connectivity index (χ3v) is 3.79. The molecule has 3 aromatic rings. The highest BCUT2D eigenvalue weighted by Gasteiger charge is 2.16. The molecule has 0 saturated carbocycles. The van der Waals surface area contributed by atoms with Gasteiger partial charge in [0.05, 0.1) is 5.56 Å². The van der Waals surface area contributed by atoms with Crippen molar-refractivity contribution < 1.29 is 15.0 Å². The molecule has 0 fully saturated rings. The number of amides is 1. The number of phenolic OH excluding ortho intramolecular Hbond substituents is 2. The van der Waals surface area contributed by atoms with Gasteiger partial charge in [0.25, 0.3) is 5.91 Å². The Hall–Kier alpha value is -3.80. The minimum atomic E-state index is -0.494. The number of carbonyl (C=O) groups is 1. The van der Waals surface area contributed by atoms with Crippen molar-refractivity contribution in [3.63, 3.8) is 0 Å². The van der Waals surface area contributed by atoms with Crippen LogP contribution in [-0.2, 0) is 0 Å². The number of hydrogen-bond donors (Lipinski definition) is 4. The van der Waals surface area contributed by atoms with Gasteiger partial charge in [-0.1, -0.05) is 36.4 Å². The van der Waals surface area contributed by atoms with E-state index in [2.05, 4.69) is 10.5 Å². The van der Waals surface area contributed by atoms with Crippen LogP contribution in [0.5, 0.6) is 11.5 Å². The lowest BCUT2D eigenvalue weighted by molar-refractivity contribution is 0.0955. The van der Waals surface area contributed by atoms with Crippen LogP contribution in [0.25, 0.3) is 0 Å². The van der Waals surface area contributed by atoms with E-state index in [1.54, 1.807) is 60.7 Å². The molecular weight excluding hydrogens is 330 g/mol. The highest BCUT2D eigenvalue weighted by molar-refractivity contribution is 6.16. The number of nitrogens with zero attached hydrogens (tertiary/aromatic N) is 1. The second-order valence-corrected chi connectivity index (χ2v) is 5.52. The van der Waals surface area contributed by atoms with Crippen molar-refractivity contribution in [2.75, 3.05) is 5.73 Å². The molecule has 3 rings (SSSR count). The predicted molar refractivity (Wildman–Crippen MR) is 100 cm³/mol. The zero-order chi connectivity index (χ0) is 18.5. The lowest BCUT2D eigenvalue weighted by atomic mass is 10.0. The van der Waals surface area contributed by atoms with Crippen molar-refractivity contribution in [3.05, 3.63) is 89.5 Å². The van der Waals surface area contributed by atoms with Crippen molar-refractivity contribution in [2.45, 2.75) is 0 Å². The molecule has 5 N–H and O–H groups in total. The Morgan fingerprint density at radius 2 is 1.23 bits per heavy atom. The number of nitrogens with one attached hydrogen (secondary N) is 1. The normalized spacial score (nSPS) is 10.2. The highest BCUT2D eigenvalue weighted by atomic mass is 16.3. The average molecular weight is 347 g/mol. The Morgan fingerprint density at radius 1 is 0.769 bits per heavy atom. The summed E-state index contributed by atoms with van der Waals surface area (Å²) >= 11 is 0. The Morgan fingerprint density at radius 3 is 1.73 bits per heavy atom. The lowest BCUT2D eigenvalue weighted by Crippen LogP contribution is -2.21. The van der Waals surface area contributed by atoms with Gasteiger partial charge in [0.2, 0.25) is 0 Å². The van der Waals surface area contributed by atoms with Gasteiger partial charge in [0.1, 0.15) is 17.2 Å². The molecule has 1 amide bonds. The molecule has 6 nitrogen and oxygen atoms in total. The summed E-state index contributed by atoms with van der Waals surface area (Å²) < 4.78 is 0. The first-order chi connectivity index (χ1) is 12.6. The third kappa shape index (κ3) is 3.49. The van der Waals surface area contributed by atoms with Crippen LogP contribution in [0.2, 0.25) is 0 Å². The van der Waals surface area contributed by atoms with E-state index in [0.717, 1.165) is 0 Å². The summed E-state index contributed by atoms with van der Waals surface area (Å²) in [6, 6.07) is 19.7. The molecule has 3 aromatic carbocycles. The van der Waals surface area contributed by atoms with E-state index in [9.17, 15) is 15.0 Å². The Bertz CT molecular complexity index is 936. The summed E-state index contributed by atoms with van der Waals surface area (Å²) in [5.41, 5.74) is 9.82. The van der Waals surface area contributed by atoms with Gasteiger partial charge in [0.15, 0.2) is 0 Å². The number of aromatic hydroxyl groups is 2. The van der Waals surface area contributed by atoms with Crippen LogP contribution in [0.1, 0.15) is 21.5 Å². The number of benzene rings is 3. The summed E-state index contributed by atoms with van der Waals surface area (Å²) in [6.45, 7) is 0. The number of para-hydroxylation sites is 3. The molecule has 0 unspecified atom stereocenters. The van der Waals surface area contributed by atoms with Gasteiger partial charge in [-0.05, 0) is 36.4 Å². The summed E-state index contributed by atoms with van der Waals surface area (Å²) in [6.07, 6.45) is 0. The number of hydrazone groups is 1. The zero-order valence-corrected chi connectivity index (χ0v) is 13.8. The van der Waals surface area contributed by atoms with Crippen molar-refractivity contribution >= 4 is 17.3 Å². The van der Waals surface area contributed by atoms with Gasteiger partial charge in [-0.2, -0.15) is 5.10 Å². The quantitative estimate of drug-likeness (QED) is 0.331. The van der Waals surface area contributed by atoms with E-state index >= 15 is 0 Å². The molecule has 0 radical (unpaired) electrons. The largest absolute Gasteiger partial charge is 0.507 e. The first-order valence-corrected chi connectivity index (χ1v) is 7.87. The summed E-state index contributed by atoms with van der Waals surface area (Å²) in [4.78, 5) is 12.4. The molecule has 0 aliphatic heterocycles. The van der Waals surface area contributed by atoms with Crippen LogP contribution >= 0.6 is 0 Å². The maximum Gasteiger partial charge on any atom is 0.273 e. The smallest absolute Gasteiger partial charge is 0.273 e. The lowest BCUT2D eigenvalue weighted by Gasteiger charge is -2.11. The maximum atomic E-state index is 12.4. The number of nitrogen functional groups attached to an aromatic ring is 1. The Kier molecular flexibility index (Phi) is 4.85. The van der Waals surface area contributed by atoms with Crippen molar-refractivity contribution in [3.8, 4) is 11.5 Å².